The molecule has 2 unspecified atom stereocenters. The minimum Gasteiger partial charge on any atom is -0.444 e. The molecule has 2 aliphatic heterocycles. The van der Waals surface area contributed by atoms with Crippen LogP contribution in [0.25, 0.3) is 5.57 Å². The van der Waals surface area contributed by atoms with E-state index < -0.39 is 17.2 Å². The van der Waals surface area contributed by atoms with Crippen LogP contribution in [0, 0.1) is 11.6 Å². The number of hydrogen-bond donors (Lipinski definition) is 0. The van der Waals surface area contributed by atoms with Gasteiger partial charge < -0.3 is 4.74 Å². The number of benzene rings is 1. The molecule has 2 bridgehead atoms. The number of hydrogen-bond acceptors (Lipinski definition) is 2. The van der Waals surface area contributed by atoms with Gasteiger partial charge in [0.15, 0.2) is 11.6 Å². The zero-order chi connectivity index (χ0) is 16.8. The lowest BCUT2D eigenvalue weighted by Gasteiger charge is -2.35. The molecule has 3 rings (SSSR count). The summed E-state index contributed by atoms with van der Waals surface area (Å²) in [5.41, 5.74) is 1.13. The van der Waals surface area contributed by atoms with Crippen molar-refractivity contribution in [1.29, 1.82) is 0 Å². The van der Waals surface area contributed by atoms with Gasteiger partial charge in [-0.1, -0.05) is 12.1 Å². The van der Waals surface area contributed by atoms with E-state index in [1.165, 1.54) is 6.07 Å². The SMILES string of the molecule is CC(C)(C)OC(=O)N1C2C=C(c3ccc(F)c(F)c3)CC1CC2. The first kappa shape index (κ1) is 16.0. The van der Waals surface area contributed by atoms with Crippen molar-refractivity contribution in [2.24, 2.45) is 0 Å². The summed E-state index contributed by atoms with van der Waals surface area (Å²) in [6, 6.07) is 3.99. The van der Waals surface area contributed by atoms with Gasteiger partial charge in [-0.25, -0.2) is 13.6 Å². The Hall–Kier alpha value is -1.91. The van der Waals surface area contributed by atoms with Gasteiger partial charge in [-0.2, -0.15) is 0 Å². The molecule has 2 atom stereocenters. The number of fused-ring (bicyclic) bond motifs is 2. The molecule has 1 aromatic carbocycles. The van der Waals surface area contributed by atoms with E-state index in [2.05, 4.69) is 0 Å². The van der Waals surface area contributed by atoms with E-state index in [9.17, 15) is 13.6 Å². The molecule has 2 aliphatic rings. The predicted molar refractivity (Wildman–Crippen MR) is 83.8 cm³/mol. The molecule has 0 spiro atoms. The van der Waals surface area contributed by atoms with Gasteiger partial charge in [-0.3, -0.25) is 4.90 Å². The molecule has 23 heavy (non-hydrogen) atoms. The van der Waals surface area contributed by atoms with Gasteiger partial charge in [0.25, 0.3) is 0 Å². The van der Waals surface area contributed by atoms with Crippen LogP contribution >= 0.6 is 0 Å². The lowest BCUT2D eigenvalue weighted by molar-refractivity contribution is 0.0175. The topological polar surface area (TPSA) is 29.5 Å². The maximum atomic E-state index is 13.4. The van der Waals surface area contributed by atoms with E-state index in [4.69, 9.17) is 4.74 Å². The van der Waals surface area contributed by atoms with Crippen LogP contribution < -0.4 is 0 Å². The van der Waals surface area contributed by atoms with Gasteiger partial charge >= 0.3 is 6.09 Å². The standard InChI is InChI=1S/C18H21F2NO2/c1-18(2,3)23-17(22)21-13-5-6-14(21)9-12(8-13)11-4-7-15(19)16(20)10-11/h4,7-8,10,13-14H,5-6,9H2,1-3H3. The van der Waals surface area contributed by atoms with Gasteiger partial charge in [0.2, 0.25) is 0 Å². The smallest absolute Gasteiger partial charge is 0.411 e. The Bertz CT molecular complexity index is 663. The number of ether oxygens (including phenoxy) is 1. The van der Waals surface area contributed by atoms with E-state index in [0.717, 1.165) is 24.5 Å². The minimum absolute atomic E-state index is 0.0354. The normalized spacial score (nSPS) is 23.7. The highest BCUT2D eigenvalue weighted by Crippen LogP contribution is 2.39. The molecular formula is C18H21F2NO2. The molecule has 0 saturated carbocycles. The number of halogens is 2. The Labute approximate surface area is 134 Å². The molecule has 0 aliphatic carbocycles. The van der Waals surface area contributed by atoms with Crippen molar-refractivity contribution in [2.45, 2.75) is 57.7 Å². The first-order valence-corrected chi connectivity index (χ1v) is 7.92. The van der Waals surface area contributed by atoms with Gasteiger partial charge in [0.1, 0.15) is 5.60 Å². The van der Waals surface area contributed by atoms with Crippen molar-refractivity contribution in [3.63, 3.8) is 0 Å². The molecule has 3 nitrogen and oxygen atoms in total. The highest BCUT2D eigenvalue weighted by atomic mass is 19.2. The fourth-order valence-electron chi connectivity index (χ4n) is 3.34. The molecule has 5 heteroatoms. The van der Waals surface area contributed by atoms with Crippen LogP contribution in [0.4, 0.5) is 13.6 Å². The Morgan fingerprint density at radius 1 is 1.22 bits per heavy atom. The van der Waals surface area contributed by atoms with Crippen LogP contribution in [-0.4, -0.2) is 28.7 Å². The summed E-state index contributed by atoms with van der Waals surface area (Å²) in [6.07, 6.45) is 4.09. The number of carbonyl (C=O) groups is 1. The maximum absolute atomic E-state index is 13.4. The summed E-state index contributed by atoms with van der Waals surface area (Å²) in [5.74, 6) is -1.69. The van der Waals surface area contributed by atoms with Crippen LogP contribution in [0.3, 0.4) is 0 Å². The summed E-state index contributed by atoms with van der Waals surface area (Å²) in [6.45, 7) is 5.54. The molecule has 2 heterocycles. The molecule has 1 amide bonds. The number of carbonyl (C=O) groups excluding carboxylic acids is 1. The van der Waals surface area contributed by atoms with Crippen LogP contribution in [-0.2, 0) is 4.74 Å². The average Bonchev–Trinajstić information content (AvgIpc) is 2.71. The molecular weight excluding hydrogens is 300 g/mol. The van der Waals surface area contributed by atoms with Gasteiger partial charge in [0.05, 0.1) is 6.04 Å². The Balaban J connectivity index is 1.83. The van der Waals surface area contributed by atoms with E-state index in [0.29, 0.717) is 12.0 Å². The van der Waals surface area contributed by atoms with Crippen molar-refractivity contribution >= 4 is 11.7 Å². The summed E-state index contributed by atoms with van der Waals surface area (Å²) in [7, 11) is 0. The summed E-state index contributed by atoms with van der Waals surface area (Å²) in [5, 5.41) is 0. The summed E-state index contributed by atoms with van der Waals surface area (Å²) in [4.78, 5) is 14.2. The first-order chi connectivity index (χ1) is 10.7. The molecule has 0 radical (unpaired) electrons. The Morgan fingerprint density at radius 3 is 2.57 bits per heavy atom. The fraction of sp³-hybridized carbons (Fsp3) is 0.500. The largest absolute Gasteiger partial charge is 0.444 e. The Kier molecular flexibility index (Phi) is 3.90. The van der Waals surface area contributed by atoms with E-state index in [-0.39, 0.29) is 18.2 Å². The molecule has 1 saturated heterocycles. The zero-order valence-corrected chi connectivity index (χ0v) is 13.6. The van der Waals surface area contributed by atoms with E-state index >= 15 is 0 Å². The summed E-state index contributed by atoms with van der Waals surface area (Å²) < 4.78 is 32.0. The van der Waals surface area contributed by atoms with Crippen LogP contribution in [0.5, 0.6) is 0 Å². The molecule has 0 N–H and O–H groups in total. The maximum Gasteiger partial charge on any atom is 0.411 e. The second-order valence-electron chi connectivity index (χ2n) is 7.21. The lowest BCUT2D eigenvalue weighted by atomic mass is 9.95. The van der Waals surface area contributed by atoms with Crippen molar-refractivity contribution in [3.8, 4) is 0 Å². The van der Waals surface area contributed by atoms with Crippen molar-refractivity contribution in [3.05, 3.63) is 41.5 Å². The zero-order valence-electron chi connectivity index (χ0n) is 13.6. The number of amides is 1. The third kappa shape index (κ3) is 3.23. The predicted octanol–water partition coefficient (Wildman–Crippen LogP) is 4.52. The van der Waals surface area contributed by atoms with Crippen molar-refractivity contribution < 1.29 is 18.3 Å². The summed E-state index contributed by atoms with van der Waals surface area (Å²) >= 11 is 0. The molecule has 1 fully saturated rings. The number of nitrogens with zero attached hydrogens (tertiary/aromatic N) is 1. The van der Waals surface area contributed by atoms with Crippen molar-refractivity contribution in [1.82, 2.24) is 4.90 Å². The van der Waals surface area contributed by atoms with Crippen LogP contribution in [0.1, 0.15) is 45.6 Å². The highest BCUT2D eigenvalue weighted by Gasteiger charge is 2.41. The quantitative estimate of drug-likeness (QED) is 0.761. The number of rotatable bonds is 1. The molecule has 124 valence electrons. The van der Waals surface area contributed by atoms with E-state index in [1.807, 2.05) is 26.8 Å². The second-order valence-corrected chi connectivity index (χ2v) is 7.21. The highest BCUT2D eigenvalue weighted by molar-refractivity contribution is 5.75. The molecule has 0 aromatic heterocycles. The average molecular weight is 321 g/mol. The first-order valence-electron chi connectivity index (χ1n) is 7.92. The Morgan fingerprint density at radius 2 is 1.96 bits per heavy atom. The third-order valence-electron chi connectivity index (χ3n) is 4.29. The lowest BCUT2D eigenvalue weighted by Crippen LogP contribution is -2.45. The third-order valence-corrected chi connectivity index (χ3v) is 4.29. The van der Waals surface area contributed by atoms with Crippen LogP contribution in [0.2, 0.25) is 0 Å². The molecule has 1 aromatic rings. The minimum atomic E-state index is -0.844. The van der Waals surface area contributed by atoms with Crippen molar-refractivity contribution in [2.75, 3.05) is 0 Å². The van der Waals surface area contributed by atoms with Gasteiger partial charge in [-0.15, -0.1) is 0 Å². The van der Waals surface area contributed by atoms with Crippen LogP contribution in [0.15, 0.2) is 24.3 Å². The monoisotopic (exact) mass is 321 g/mol. The van der Waals surface area contributed by atoms with Gasteiger partial charge in [0, 0.05) is 6.04 Å². The fourth-order valence-corrected chi connectivity index (χ4v) is 3.34. The van der Waals surface area contributed by atoms with E-state index in [1.54, 1.807) is 11.0 Å². The van der Waals surface area contributed by atoms with Gasteiger partial charge in [-0.05, 0) is 63.3 Å². The second kappa shape index (κ2) is 5.62.